The van der Waals surface area contributed by atoms with Gasteiger partial charge < -0.3 is 9.84 Å². The quantitative estimate of drug-likeness (QED) is 0.758. The molecule has 1 aliphatic heterocycles. The lowest BCUT2D eigenvalue weighted by Gasteiger charge is -2.66. The third-order valence-electron chi connectivity index (χ3n) is 9.39. The second kappa shape index (κ2) is 5.32. The van der Waals surface area contributed by atoms with Gasteiger partial charge in [0.1, 0.15) is 5.78 Å². The van der Waals surface area contributed by atoms with Gasteiger partial charge in [-0.2, -0.15) is 0 Å². The normalized spacial score (nSPS) is 53.1. The summed E-state index contributed by atoms with van der Waals surface area (Å²) in [6.45, 7) is 10.9. The molecule has 4 aliphatic rings. The molecular formula is C22H36O3. The Balaban J connectivity index is 1.67. The highest BCUT2D eigenvalue weighted by Crippen LogP contribution is 2.70. The number of aliphatic hydroxyl groups is 1. The molecule has 0 aromatic heterocycles. The maximum absolute atomic E-state index is 13.0. The highest BCUT2D eigenvalue weighted by Gasteiger charge is 2.68. The van der Waals surface area contributed by atoms with Crippen molar-refractivity contribution in [2.24, 2.45) is 28.1 Å². The first-order valence-electron chi connectivity index (χ1n) is 10.4. The molecule has 0 spiro atoms. The van der Waals surface area contributed by atoms with E-state index in [9.17, 15) is 9.90 Å². The Bertz CT molecular complexity index is 578. The van der Waals surface area contributed by atoms with Gasteiger partial charge in [0.25, 0.3) is 0 Å². The summed E-state index contributed by atoms with van der Waals surface area (Å²) in [6, 6.07) is 0. The van der Waals surface area contributed by atoms with Crippen LogP contribution in [0.3, 0.4) is 0 Å². The van der Waals surface area contributed by atoms with E-state index in [1.54, 1.807) is 0 Å². The van der Waals surface area contributed by atoms with Crippen molar-refractivity contribution in [3.05, 3.63) is 0 Å². The zero-order chi connectivity index (χ0) is 18.3. The van der Waals surface area contributed by atoms with E-state index < -0.39 is 5.60 Å². The zero-order valence-corrected chi connectivity index (χ0v) is 16.7. The smallest absolute Gasteiger partial charge is 0.139 e. The number of carbonyl (C=O) groups excluding carboxylic acids is 1. The van der Waals surface area contributed by atoms with Crippen LogP contribution >= 0.6 is 0 Å². The van der Waals surface area contributed by atoms with E-state index in [-0.39, 0.29) is 28.5 Å². The van der Waals surface area contributed by atoms with Crippen LogP contribution in [0.1, 0.15) is 86.0 Å². The van der Waals surface area contributed by atoms with E-state index in [0.29, 0.717) is 17.6 Å². The third kappa shape index (κ3) is 2.21. The fourth-order valence-electron chi connectivity index (χ4n) is 7.61. The molecule has 4 rings (SSSR count). The van der Waals surface area contributed by atoms with Crippen molar-refractivity contribution in [3.8, 4) is 0 Å². The predicted octanol–water partition coefficient (Wildman–Crippen LogP) is 4.51. The number of ether oxygens (including phenoxy) is 1. The van der Waals surface area contributed by atoms with Crippen LogP contribution in [0.4, 0.5) is 0 Å². The number of fused-ring (bicyclic) bond motifs is 5. The fourth-order valence-corrected chi connectivity index (χ4v) is 7.61. The van der Waals surface area contributed by atoms with Crippen LogP contribution < -0.4 is 0 Å². The Labute approximate surface area is 152 Å². The predicted molar refractivity (Wildman–Crippen MR) is 98.2 cm³/mol. The van der Waals surface area contributed by atoms with Crippen molar-refractivity contribution < 1.29 is 14.6 Å². The van der Waals surface area contributed by atoms with Crippen molar-refractivity contribution >= 4 is 5.78 Å². The van der Waals surface area contributed by atoms with Gasteiger partial charge in [0.15, 0.2) is 0 Å². The molecule has 142 valence electrons. The lowest BCUT2D eigenvalue weighted by atomic mass is 9.40. The molecule has 3 nitrogen and oxygen atoms in total. The molecule has 3 aliphatic carbocycles. The molecule has 7 unspecified atom stereocenters. The highest BCUT2D eigenvalue weighted by molar-refractivity contribution is 5.88. The van der Waals surface area contributed by atoms with Crippen LogP contribution in [0.5, 0.6) is 0 Å². The SMILES string of the molecule is CC(C)(O)C1CCC2(C)C(CCC3(C)C2CCC2CCC(=O)C23C)O1. The lowest BCUT2D eigenvalue weighted by Crippen LogP contribution is -2.64. The molecule has 0 bridgehead atoms. The first-order valence-corrected chi connectivity index (χ1v) is 10.4. The summed E-state index contributed by atoms with van der Waals surface area (Å²) >= 11 is 0. The van der Waals surface area contributed by atoms with Crippen LogP contribution in [0.2, 0.25) is 0 Å². The van der Waals surface area contributed by atoms with E-state index in [0.717, 1.165) is 38.5 Å². The monoisotopic (exact) mass is 348 g/mol. The largest absolute Gasteiger partial charge is 0.388 e. The second-order valence-corrected chi connectivity index (χ2v) is 10.8. The number of rotatable bonds is 1. The summed E-state index contributed by atoms with van der Waals surface area (Å²) in [6.07, 6.45) is 8.69. The van der Waals surface area contributed by atoms with Gasteiger partial charge in [0.2, 0.25) is 0 Å². The minimum Gasteiger partial charge on any atom is -0.388 e. The van der Waals surface area contributed by atoms with E-state index in [2.05, 4.69) is 20.8 Å². The molecule has 25 heavy (non-hydrogen) atoms. The molecule has 0 aromatic carbocycles. The Morgan fingerprint density at radius 2 is 1.76 bits per heavy atom. The van der Waals surface area contributed by atoms with Gasteiger partial charge in [-0.15, -0.1) is 0 Å². The average molecular weight is 349 g/mol. The third-order valence-corrected chi connectivity index (χ3v) is 9.39. The Morgan fingerprint density at radius 3 is 2.44 bits per heavy atom. The average Bonchev–Trinajstić information content (AvgIpc) is 2.83. The molecule has 7 atom stereocenters. The standard InChI is InChI=1S/C22H36O3/c1-19(2,24)17-10-12-20(3)15-8-6-14-7-9-16(23)22(14,5)21(15,4)13-11-18(20)25-17/h14-15,17-18,24H,6-13H2,1-5H3. The van der Waals surface area contributed by atoms with Crippen molar-refractivity contribution in [3.63, 3.8) is 0 Å². The van der Waals surface area contributed by atoms with Gasteiger partial charge in [0.05, 0.1) is 17.8 Å². The first kappa shape index (κ1) is 18.0. The van der Waals surface area contributed by atoms with Gasteiger partial charge >= 0.3 is 0 Å². The zero-order valence-electron chi connectivity index (χ0n) is 16.7. The Morgan fingerprint density at radius 1 is 1.04 bits per heavy atom. The molecule has 1 N–H and O–H groups in total. The van der Waals surface area contributed by atoms with E-state index in [1.807, 2.05) is 13.8 Å². The lowest BCUT2D eigenvalue weighted by molar-refractivity contribution is -0.251. The van der Waals surface area contributed by atoms with E-state index in [1.165, 1.54) is 12.8 Å². The van der Waals surface area contributed by atoms with Gasteiger partial charge in [-0.1, -0.05) is 20.8 Å². The fraction of sp³-hybridized carbons (Fsp3) is 0.955. The maximum Gasteiger partial charge on any atom is 0.139 e. The minimum absolute atomic E-state index is 0.0602. The van der Waals surface area contributed by atoms with Gasteiger partial charge in [-0.25, -0.2) is 0 Å². The van der Waals surface area contributed by atoms with Crippen LogP contribution in [-0.2, 0) is 9.53 Å². The van der Waals surface area contributed by atoms with E-state index >= 15 is 0 Å². The number of carbonyl (C=O) groups is 1. The van der Waals surface area contributed by atoms with E-state index in [4.69, 9.17) is 4.74 Å². The summed E-state index contributed by atoms with van der Waals surface area (Å²) in [5.41, 5.74) is -0.643. The molecular weight excluding hydrogens is 312 g/mol. The second-order valence-electron chi connectivity index (χ2n) is 10.8. The number of Topliss-reactive ketones (excluding diaryl/α,β-unsaturated/α-hetero) is 1. The van der Waals surface area contributed by atoms with Crippen molar-refractivity contribution in [2.75, 3.05) is 0 Å². The first-order chi connectivity index (χ1) is 11.5. The van der Waals surface area contributed by atoms with Gasteiger partial charge in [0, 0.05) is 11.8 Å². The van der Waals surface area contributed by atoms with Gasteiger partial charge in [-0.05, 0) is 81.5 Å². The summed E-state index contributed by atoms with van der Waals surface area (Å²) in [5, 5.41) is 10.4. The van der Waals surface area contributed by atoms with Crippen molar-refractivity contribution in [1.29, 1.82) is 0 Å². The molecule has 1 heterocycles. The molecule has 0 radical (unpaired) electrons. The molecule has 4 fully saturated rings. The van der Waals surface area contributed by atoms with Crippen LogP contribution in [0.15, 0.2) is 0 Å². The van der Waals surface area contributed by atoms with Crippen LogP contribution in [-0.4, -0.2) is 28.7 Å². The van der Waals surface area contributed by atoms with Crippen LogP contribution in [0, 0.1) is 28.1 Å². The van der Waals surface area contributed by atoms with Crippen LogP contribution in [0.25, 0.3) is 0 Å². The Hall–Kier alpha value is -0.410. The summed E-state index contributed by atoms with van der Waals surface area (Å²) in [5.74, 6) is 1.68. The molecule has 0 aromatic rings. The maximum atomic E-state index is 13.0. The molecule has 0 amide bonds. The topological polar surface area (TPSA) is 46.5 Å². The van der Waals surface area contributed by atoms with Crippen molar-refractivity contribution in [1.82, 2.24) is 0 Å². The Kier molecular flexibility index (Phi) is 3.82. The number of hydrogen-bond acceptors (Lipinski definition) is 3. The molecule has 3 saturated carbocycles. The summed E-state index contributed by atoms with van der Waals surface area (Å²) in [4.78, 5) is 13.0. The number of hydrogen-bond donors (Lipinski definition) is 1. The minimum atomic E-state index is -0.771. The summed E-state index contributed by atoms with van der Waals surface area (Å²) < 4.78 is 6.49. The highest BCUT2D eigenvalue weighted by atomic mass is 16.5. The van der Waals surface area contributed by atoms with Gasteiger partial charge in [-0.3, -0.25) is 4.79 Å². The number of ketones is 1. The summed E-state index contributed by atoms with van der Waals surface area (Å²) in [7, 11) is 0. The molecule has 3 heteroatoms. The molecule has 1 saturated heterocycles. The van der Waals surface area contributed by atoms with Crippen molar-refractivity contribution in [2.45, 2.75) is 104 Å².